The maximum Gasteiger partial charge on any atom is 0.197 e. The van der Waals surface area contributed by atoms with Crippen molar-refractivity contribution in [3.8, 4) is 11.6 Å². The van der Waals surface area contributed by atoms with Crippen molar-refractivity contribution in [2.24, 2.45) is 0 Å². The summed E-state index contributed by atoms with van der Waals surface area (Å²) in [5.74, 6) is 1.75. The van der Waals surface area contributed by atoms with Crippen LogP contribution in [0.5, 0.6) is 0 Å². The van der Waals surface area contributed by atoms with Gasteiger partial charge in [-0.25, -0.2) is 19.9 Å². The quantitative estimate of drug-likeness (QED) is 0.725. The van der Waals surface area contributed by atoms with E-state index in [0.717, 1.165) is 12.2 Å². The first-order valence-electron chi connectivity index (χ1n) is 8.35. The zero-order chi connectivity index (χ0) is 15.9. The summed E-state index contributed by atoms with van der Waals surface area (Å²) in [4.78, 5) is 19.8. The summed E-state index contributed by atoms with van der Waals surface area (Å²) in [6.45, 7) is 1.05. The van der Waals surface area contributed by atoms with Crippen molar-refractivity contribution in [2.75, 3.05) is 11.4 Å². The summed E-state index contributed by atoms with van der Waals surface area (Å²) >= 11 is 0. The fraction of sp³-hybridized carbons (Fsp3) is 0.263. The first kappa shape index (κ1) is 13.6. The molecule has 2 bridgehead atoms. The van der Waals surface area contributed by atoms with Crippen LogP contribution in [-0.4, -0.2) is 26.5 Å². The van der Waals surface area contributed by atoms with Gasteiger partial charge < -0.3 is 4.90 Å². The van der Waals surface area contributed by atoms with Crippen LogP contribution >= 0.6 is 0 Å². The number of rotatable bonds is 2. The molecule has 0 N–H and O–H groups in total. The Morgan fingerprint density at radius 1 is 0.792 bits per heavy atom. The molecule has 2 unspecified atom stereocenters. The fourth-order valence-electron chi connectivity index (χ4n) is 4.02. The molecule has 118 valence electrons. The SMILES string of the molecule is c1cnc(-c2ncc(N3CC4CCC3c3ccccc34)cn2)nc1. The molecular formula is C19H17N5. The molecule has 24 heavy (non-hydrogen) atoms. The fourth-order valence-corrected chi connectivity index (χ4v) is 4.02. The van der Waals surface area contributed by atoms with Crippen LogP contribution in [0.4, 0.5) is 5.69 Å². The lowest BCUT2D eigenvalue weighted by Crippen LogP contribution is -2.42. The van der Waals surface area contributed by atoms with E-state index in [1.807, 2.05) is 12.4 Å². The van der Waals surface area contributed by atoms with Crippen LogP contribution < -0.4 is 4.90 Å². The topological polar surface area (TPSA) is 54.8 Å². The van der Waals surface area contributed by atoms with Gasteiger partial charge in [0.1, 0.15) is 0 Å². The number of anilines is 1. The monoisotopic (exact) mass is 315 g/mol. The molecular weight excluding hydrogens is 298 g/mol. The molecule has 1 aliphatic carbocycles. The minimum Gasteiger partial charge on any atom is -0.361 e. The number of hydrogen-bond donors (Lipinski definition) is 0. The number of benzene rings is 1. The Kier molecular flexibility index (Phi) is 3.04. The van der Waals surface area contributed by atoms with Gasteiger partial charge in [-0.1, -0.05) is 24.3 Å². The highest BCUT2D eigenvalue weighted by Crippen LogP contribution is 2.47. The molecule has 2 aliphatic heterocycles. The van der Waals surface area contributed by atoms with E-state index >= 15 is 0 Å². The maximum absolute atomic E-state index is 4.49. The summed E-state index contributed by atoms with van der Waals surface area (Å²) in [7, 11) is 0. The van der Waals surface area contributed by atoms with E-state index in [-0.39, 0.29) is 0 Å². The molecule has 1 saturated heterocycles. The Morgan fingerprint density at radius 3 is 2.29 bits per heavy atom. The molecule has 0 radical (unpaired) electrons. The third-order valence-corrected chi connectivity index (χ3v) is 5.11. The summed E-state index contributed by atoms with van der Waals surface area (Å²) in [5.41, 5.74) is 4.08. The molecule has 6 rings (SSSR count). The number of piperidine rings is 1. The first-order chi connectivity index (χ1) is 11.9. The maximum atomic E-state index is 4.49. The van der Waals surface area contributed by atoms with E-state index in [1.165, 1.54) is 24.0 Å². The summed E-state index contributed by atoms with van der Waals surface area (Å²) in [6.07, 6.45) is 9.70. The Balaban J connectivity index is 1.48. The molecule has 2 aromatic heterocycles. The summed E-state index contributed by atoms with van der Waals surface area (Å²) in [5, 5.41) is 0. The van der Waals surface area contributed by atoms with Gasteiger partial charge in [-0.3, -0.25) is 0 Å². The molecule has 0 amide bonds. The first-order valence-corrected chi connectivity index (χ1v) is 8.35. The lowest BCUT2D eigenvalue weighted by molar-refractivity contribution is 0.389. The number of fused-ring (bicyclic) bond motifs is 2. The number of hydrogen-bond acceptors (Lipinski definition) is 5. The van der Waals surface area contributed by atoms with Gasteiger partial charge in [-0.15, -0.1) is 0 Å². The Bertz CT molecular complexity index is 862. The minimum atomic E-state index is 0.439. The van der Waals surface area contributed by atoms with Crippen LogP contribution in [0.1, 0.15) is 35.9 Å². The average molecular weight is 315 g/mol. The van der Waals surface area contributed by atoms with Gasteiger partial charge in [0, 0.05) is 24.9 Å². The van der Waals surface area contributed by atoms with Crippen molar-refractivity contribution < 1.29 is 0 Å². The highest BCUT2D eigenvalue weighted by atomic mass is 15.2. The summed E-state index contributed by atoms with van der Waals surface area (Å²) in [6, 6.07) is 11.1. The van der Waals surface area contributed by atoms with Crippen molar-refractivity contribution in [2.45, 2.75) is 24.8 Å². The zero-order valence-electron chi connectivity index (χ0n) is 13.2. The lowest BCUT2D eigenvalue weighted by atomic mass is 9.75. The van der Waals surface area contributed by atoms with Crippen LogP contribution in [-0.2, 0) is 0 Å². The third kappa shape index (κ3) is 2.08. The molecule has 0 spiro atoms. The van der Waals surface area contributed by atoms with Gasteiger partial charge in [0.25, 0.3) is 0 Å². The molecule has 3 aliphatic rings. The molecule has 4 heterocycles. The normalized spacial score (nSPS) is 21.6. The molecule has 3 aromatic rings. The van der Waals surface area contributed by atoms with Crippen molar-refractivity contribution in [1.82, 2.24) is 19.9 Å². The second kappa shape index (κ2) is 5.37. The van der Waals surface area contributed by atoms with Gasteiger partial charge in [0.2, 0.25) is 0 Å². The Labute approximate surface area is 140 Å². The largest absolute Gasteiger partial charge is 0.361 e. The van der Waals surface area contributed by atoms with Crippen molar-refractivity contribution in [3.63, 3.8) is 0 Å². The predicted molar refractivity (Wildman–Crippen MR) is 91.6 cm³/mol. The van der Waals surface area contributed by atoms with Gasteiger partial charge in [0.15, 0.2) is 11.6 Å². The van der Waals surface area contributed by atoms with E-state index < -0.39 is 0 Å². The Hall–Kier alpha value is -2.82. The van der Waals surface area contributed by atoms with Gasteiger partial charge in [0.05, 0.1) is 24.1 Å². The van der Waals surface area contributed by atoms with Crippen molar-refractivity contribution >= 4 is 5.69 Å². The van der Waals surface area contributed by atoms with Gasteiger partial charge >= 0.3 is 0 Å². The summed E-state index contributed by atoms with van der Waals surface area (Å²) < 4.78 is 0. The second-order valence-electron chi connectivity index (χ2n) is 6.41. The second-order valence-corrected chi connectivity index (χ2v) is 6.41. The average Bonchev–Trinajstić information content (AvgIpc) is 2.69. The van der Waals surface area contributed by atoms with Crippen LogP contribution in [0.25, 0.3) is 11.6 Å². The molecule has 0 saturated carbocycles. The van der Waals surface area contributed by atoms with Crippen LogP contribution in [0.3, 0.4) is 0 Å². The van der Waals surface area contributed by atoms with E-state index in [1.54, 1.807) is 18.5 Å². The van der Waals surface area contributed by atoms with Gasteiger partial charge in [-0.2, -0.15) is 0 Å². The molecule has 1 aromatic carbocycles. The van der Waals surface area contributed by atoms with Crippen molar-refractivity contribution in [1.29, 1.82) is 0 Å². The highest BCUT2D eigenvalue weighted by Gasteiger charge is 2.38. The Morgan fingerprint density at radius 2 is 1.50 bits per heavy atom. The van der Waals surface area contributed by atoms with E-state index in [9.17, 15) is 0 Å². The molecule has 5 heteroatoms. The third-order valence-electron chi connectivity index (χ3n) is 5.11. The number of aromatic nitrogens is 4. The van der Waals surface area contributed by atoms with Crippen LogP contribution in [0.2, 0.25) is 0 Å². The van der Waals surface area contributed by atoms with E-state index in [4.69, 9.17) is 0 Å². The number of nitrogens with zero attached hydrogens (tertiary/aromatic N) is 5. The highest BCUT2D eigenvalue weighted by molar-refractivity contribution is 5.54. The smallest absolute Gasteiger partial charge is 0.197 e. The predicted octanol–water partition coefficient (Wildman–Crippen LogP) is 3.37. The van der Waals surface area contributed by atoms with E-state index in [2.05, 4.69) is 49.1 Å². The molecule has 1 fully saturated rings. The van der Waals surface area contributed by atoms with Crippen LogP contribution in [0, 0.1) is 0 Å². The minimum absolute atomic E-state index is 0.439. The lowest BCUT2D eigenvalue weighted by Gasteiger charge is -2.47. The molecule has 2 atom stereocenters. The molecule has 5 nitrogen and oxygen atoms in total. The van der Waals surface area contributed by atoms with E-state index in [0.29, 0.717) is 23.6 Å². The van der Waals surface area contributed by atoms with Gasteiger partial charge in [-0.05, 0) is 30.0 Å². The zero-order valence-corrected chi connectivity index (χ0v) is 13.2. The van der Waals surface area contributed by atoms with Crippen molar-refractivity contribution in [3.05, 3.63) is 66.2 Å². The standard InChI is InChI=1S/C19H17N5/c1-2-5-16-15(4-1)13-6-7-17(16)24(12-13)14-10-22-19(23-11-14)18-20-8-3-9-21-18/h1-5,8-11,13,17H,6-7,12H2. The van der Waals surface area contributed by atoms with Crippen LogP contribution in [0.15, 0.2) is 55.1 Å².